The number of aromatic nitrogens is 1. The maximum atomic E-state index is 10.7. The highest BCUT2D eigenvalue weighted by Crippen LogP contribution is 2.30. The molecule has 0 saturated heterocycles. The van der Waals surface area contributed by atoms with E-state index in [2.05, 4.69) is 9.98 Å². The number of thiophene rings is 1. The van der Waals surface area contributed by atoms with Crippen LogP contribution in [0.25, 0.3) is 10.2 Å². The van der Waals surface area contributed by atoms with E-state index in [0.717, 1.165) is 15.8 Å². The molecule has 0 unspecified atom stereocenters. The summed E-state index contributed by atoms with van der Waals surface area (Å²) >= 11 is 2.94. The smallest absolute Gasteiger partial charge is 0.258 e. The second kappa shape index (κ2) is 4.87. The predicted molar refractivity (Wildman–Crippen MR) is 77.8 cm³/mol. The van der Waals surface area contributed by atoms with Crippen molar-refractivity contribution < 1.29 is 4.92 Å². The summed E-state index contributed by atoms with van der Waals surface area (Å²) in [5.74, 6) is 0. The first kappa shape index (κ1) is 11.9. The van der Waals surface area contributed by atoms with Crippen LogP contribution in [0.15, 0.2) is 40.0 Å². The number of thiazole rings is 1. The van der Waals surface area contributed by atoms with Gasteiger partial charge in [0.1, 0.15) is 0 Å². The second-order valence-corrected chi connectivity index (χ2v) is 5.51. The zero-order valence-electron chi connectivity index (χ0n) is 9.52. The molecule has 0 atom stereocenters. The third kappa shape index (κ3) is 2.51. The van der Waals surface area contributed by atoms with Gasteiger partial charge in [-0.05, 0) is 22.9 Å². The fraction of sp³-hybridized carbons (Fsp3) is 0. The van der Waals surface area contributed by atoms with Crippen LogP contribution in [0.2, 0.25) is 0 Å². The molecule has 0 saturated carbocycles. The number of non-ortho nitro benzene ring substituents is 1. The molecule has 0 N–H and O–H groups in total. The van der Waals surface area contributed by atoms with Crippen molar-refractivity contribution in [3.63, 3.8) is 0 Å². The lowest BCUT2D eigenvalue weighted by molar-refractivity contribution is -0.384. The highest BCUT2D eigenvalue weighted by atomic mass is 32.1. The van der Waals surface area contributed by atoms with Gasteiger partial charge in [0.15, 0.2) is 0 Å². The van der Waals surface area contributed by atoms with Gasteiger partial charge in [-0.2, -0.15) is 11.3 Å². The monoisotopic (exact) mass is 289 g/mol. The van der Waals surface area contributed by atoms with Crippen molar-refractivity contribution in [3.05, 3.63) is 50.7 Å². The number of fused-ring (bicyclic) bond motifs is 1. The lowest BCUT2D eigenvalue weighted by Crippen LogP contribution is -1.85. The molecule has 1 aromatic carbocycles. The Hall–Kier alpha value is -2.12. The molecule has 94 valence electrons. The lowest BCUT2D eigenvalue weighted by atomic mass is 10.3. The average molecular weight is 289 g/mol. The number of nitro groups is 1. The van der Waals surface area contributed by atoms with Gasteiger partial charge in [0.25, 0.3) is 5.69 Å². The van der Waals surface area contributed by atoms with E-state index < -0.39 is 4.92 Å². The van der Waals surface area contributed by atoms with Crippen LogP contribution in [-0.4, -0.2) is 16.1 Å². The second-order valence-electron chi connectivity index (χ2n) is 3.72. The minimum Gasteiger partial charge on any atom is -0.258 e. The first-order chi connectivity index (χ1) is 9.22. The summed E-state index contributed by atoms with van der Waals surface area (Å²) in [6.45, 7) is 0. The Morgan fingerprint density at radius 3 is 3.00 bits per heavy atom. The lowest BCUT2D eigenvalue weighted by Gasteiger charge is -1.88. The van der Waals surface area contributed by atoms with Crippen molar-refractivity contribution in [2.24, 2.45) is 4.99 Å². The molecule has 0 fully saturated rings. The van der Waals surface area contributed by atoms with Crippen LogP contribution >= 0.6 is 22.7 Å². The third-order valence-electron chi connectivity index (χ3n) is 2.44. The van der Waals surface area contributed by atoms with Gasteiger partial charge in [-0.3, -0.25) is 10.1 Å². The third-order valence-corrected chi connectivity index (χ3v) is 4.07. The zero-order chi connectivity index (χ0) is 13.2. The minimum atomic E-state index is -0.409. The molecule has 0 aliphatic carbocycles. The Balaban J connectivity index is 1.95. The van der Waals surface area contributed by atoms with E-state index in [0.29, 0.717) is 5.13 Å². The molecule has 0 bridgehead atoms. The van der Waals surface area contributed by atoms with Crippen molar-refractivity contribution in [1.29, 1.82) is 0 Å². The van der Waals surface area contributed by atoms with Crippen molar-refractivity contribution in [2.45, 2.75) is 0 Å². The Labute approximate surface area is 116 Å². The number of nitro benzene ring substituents is 1. The summed E-state index contributed by atoms with van der Waals surface area (Å²) in [4.78, 5) is 18.9. The van der Waals surface area contributed by atoms with Crippen molar-refractivity contribution >= 4 is 49.9 Å². The molecule has 0 amide bonds. The van der Waals surface area contributed by atoms with Gasteiger partial charge in [-0.1, -0.05) is 11.3 Å². The Kier molecular flexibility index (Phi) is 3.06. The fourth-order valence-electron chi connectivity index (χ4n) is 1.55. The van der Waals surface area contributed by atoms with Crippen LogP contribution in [-0.2, 0) is 0 Å². The maximum absolute atomic E-state index is 10.7. The molecule has 2 heterocycles. The van der Waals surface area contributed by atoms with Crippen LogP contribution < -0.4 is 0 Å². The molecule has 19 heavy (non-hydrogen) atoms. The van der Waals surface area contributed by atoms with Crippen LogP contribution in [0.4, 0.5) is 10.8 Å². The molecule has 2 aromatic heterocycles. The Bertz CT molecular complexity index is 762. The van der Waals surface area contributed by atoms with Crippen LogP contribution in [0, 0.1) is 10.1 Å². The Morgan fingerprint density at radius 1 is 1.37 bits per heavy atom. The van der Waals surface area contributed by atoms with E-state index in [9.17, 15) is 10.1 Å². The first-order valence-corrected chi connectivity index (χ1v) is 7.09. The molecule has 0 aliphatic rings. The molecule has 0 aliphatic heterocycles. The van der Waals surface area contributed by atoms with Crippen LogP contribution in [0.3, 0.4) is 0 Å². The molecule has 0 spiro atoms. The molecule has 3 rings (SSSR count). The molecular formula is C12H7N3O2S2. The number of rotatable bonds is 3. The molecular weight excluding hydrogens is 282 g/mol. The van der Waals surface area contributed by atoms with Crippen molar-refractivity contribution in [1.82, 2.24) is 4.98 Å². The van der Waals surface area contributed by atoms with Gasteiger partial charge in [-0.25, -0.2) is 9.98 Å². The van der Waals surface area contributed by atoms with E-state index in [1.165, 1.54) is 23.5 Å². The number of benzene rings is 1. The molecule has 0 radical (unpaired) electrons. The summed E-state index contributed by atoms with van der Waals surface area (Å²) in [7, 11) is 0. The first-order valence-electron chi connectivity index (χ1n) is 5.33. The van der Waals surface area contributed by atoms with Crippen molar-refractivity contribution in [3.8, 4) is 0 Å². The topological polar surface area (TPSA) is 68.4 Å². The summed E-state index contributed by atoms with van der Waals surface area (Å²) in [6, 6.07) is 6.59. The minimum absolute atomic E-state index is 0.0736. The Morgan fingerprint density at radius 2 is 2.26 bits per heavy atom. The van der Waals surface area contributed by atoms with Crippen LogP contribution in [0.1, 0.15) is 5.56 Å². The standard InChI is InChI=1S/C12H7N3O2S2/c16-15(17)9-1-2-10-11(5-9)19-12(14-10)13-6-8-3-4-18-7-8/h1-7H/b13-6+. The number of hydrogen-bond donors (Lipinski definition) is 0. The quantitative estimate of drug-likeness (QED) is 0.415. The van der Waals surface area contributed by atoms with Crippen LogP contribution in [0.5, 0.6) is 0 Å². The zero-order valence-corrected chi connectivity index (χ0v) is 11.1. The van der Waals surface area contributed by atoms with Gasteiger partial charge in [0.05, 0.1) is 15.1 Å². The van der Waals surface area contributed by atoms with E-state index in [1.807, 2.05) is 16.8 Å². The fourth-order valence-corrected chi connectivity index (χ4v) is 3.00. The normalized spacial score (nSPS) is 11.4. The largest absolute Gasteiger partial charge is 0.270 e. The number of aliphatic imine (C=N–C) groups is 1. The summed E-state index contributed by atoms with van der Waals surface area (Å²) < 4.78 is 0.770. The van der Waals surface area contributed by atoms with Crippen molar-refractivity contribution in [2.75, 3.05) is 0 Å². The van der Waals surface area contributed by atoms with E-state index in [4.69, 9.17) is 0 Å². The summed E-state index contributed by atoms with van der Waals surface area (Å²) in [5, 5.41) is 15.3. The number of hydrogen-bond acceptors (Lipinski definition) is 6. The molecule has 7 heteroatoms. The van der Waals surface area contributed by atoms with Gasteiger partial charge in [-0.15, -0.1) is 0 Å². The highest BCUT2D eigenvalue weighted by Gasteiger charge is 2.09. The maximum Gasteiger partial charge on any atom is 0.270 e. The average Bonchev–Trinajstić information content (AvgIpc) is 3.04. The molecule has 3 aromatic rings. The van der Waals surface area contributed by atoms with Gasteiger partial charge in [0.2, 0.25) is 5.13 Å². The highest BCUT2D eigenvalue weighted by molar-refractivity contribution is 7.22. The van der Waals surface area contributed by atoms with E-state index >= 15 is 0 Å². The van der Waals surface area contributed by atoms with Gasteiger partial charge < -0.3 is 0 Å². The van der Waals surface area contributed by atoms with E-state index in [1.54, 1.807) is 23.6 Å². The summed E-state index contributed by atoms with van der Waals surface area (Å²) in [6.07, 6.45) is 1.74. The SMILES string of the molecule is O=[N+]([O-])c1ccc2nc(/N=C/c3ccsc3)sc2c1. The number of nitrogens with zero attached hydrogens (tertiary/aromatic N) is 3. The van der Waals surface area contributed by atoms with Gasteiger partial charge >= 0.3 is 0 Å². The predicted octanol–water partition coefficient (Wildman–Crippen LogP) is 4.02. The molecule has 5 nitrogen and oxygen atoms in total. The summed E-state index contributed by atoms with van der Waals surface area (Å²) in [5.41, 5.74) is 1.83. The van der Waals surface area contributed by atoms with E-state index in [-0.39, 0.29) is 5.69 Å². The van der Waals surface area contributed by atoms with Gasteiger partial charge in [0, 0.05) is 23.9 Å².